The molecule has 1 unspecified atom stereocenters. The first-order valence-corrected chi connectivity index (χ1v) is 6.95. The van der Waals surface area contributed by atoms with E-state index in [9.17, 15) is 9.90 Å². The van der Waals surface area contributed by atoms with Crippen LogP contribution in [-0.4, -0.2) is 58.6 Å². The maximum Gasteiger partial charge on any atom is 0.222 e. The van der Waals surface area contributed by atoms with E-state index in [1.54, 1.807) is 0 Å². The highest BCUT2D eigenvalue weighted by atomic mass is 16.3. The van der Waals surface area contributed by atoms with Crippen LogP contribution >= 0.6 is 0 Å². The minimum Gasteiger partial charge on any atom is -0.393 e. The van der Waals surface area contributed by atoms with Crippen LogP contribution in [0.3, 0.4) is 0 Å². The van der Waals surface area contributed by atoms with E-state index in [4.69, 9.17) is 0 Å². The van der Waals surface area contributed by atoms with Crippen molar-refractivity contribution in [3.8, 4) is 0 Å². The quantitative estimate of drug-likeness (QED) is 0.727. The summed E-state index contributed by atoms with van der Waals surface area (Å²) in [6.45, 7) is 3.01. The largest absolute Gasteiger partial charge is 0.393 e. The topological polar surface area (TPSA) is 43.8 Å². The van der Waals surface area contributed by atoms with Crippen molar-refractivity contribution in [2.75, 3.05) is 19.6 Å². The summed E-state index contributed by atoms with van der Waals surface area (Å²) >= 11 is 0. The number of carbonyl (C=O) groups excluding carboxylic acids is 1. The molecule has 4 heteroatoms. The van der Waals surface area contributed by atoms with Crippen LogP contribution in [0.25, 0.3) is 0 Å². The predicted octanol–water partition coefficient (Wildman–Crippen LogP) is 0.597. The zero-order valence-electron chi connectivity index (χ0n) is 10.3. The van der Waals surface area contributed by atoms with Crippen molar-refractivity contribution >= 4 is 5.91 Å². The molecule has 17 heavy (non-hydrogen) atoms. The van der Waals surface area contributed by atoms with Crippen molar-refractivity contribution in [1.82, 2.24) is 9.80 Å². The molecule has 2 heterocycles. The third kappa shape index (κ3) is 2.20. The third-order valence-corrected chi connectivity index (χ3v) is 4.71. The van der Waals surface area contributed by atoms with E-state index in [0.29, 0.717) is 18.0 Å². The molecule has 1 aliphatic carbocycles. The molecule has 2 saturated heterocycles. The summed E-state index contributed by atoms with van der Waals surface area (Å²) in [5.41, 5.74) is 0. The predicted molar refractivity (Wildman–Crippen MR) is 64.6 cm³/mol. The van der Waals surface area contributed by atoms with E-state index in [2.05, 4.69) is 9.80 Å². The lowest BCUT2D eigenvalue weighted by Crippen LogP contribution is -2.55. The number of nitrogens with zero attached hydrogens (tertiary/aromatic N) is 2. The minimum atomic E-state index is -0.0689. The zero-order valence-corrected chi connectivity index (χ0v) is 10.3. The van der Waals surface area contributed by atoms with Gasteiger partial charge in [0.15, 0.2) is 0 Å². The first-order chi connectivity index (χ1) is 8.24. The molecule has 2 aliphatic heterocycles. The smallest absolute Gasteiger partial charge is 0.222 e. The fraction of sp³-hybridized carbons (Fsp3) is 0.923. The molecule has 4 nitrogen and oxygen atoms in total. The Hall–Kier alpha value is -0.610. The number of fused-ring (bicyclic) bond motifs is 1. The van der Waals surface area contributed by atoms with Crippen molar-refractivity contribution in [2.24, 2.45) is 0 Å². The second-order valence-electron chi connectivity index (χ2n) is 5.74. The van der Waals surface area contributed by atoms with Crippen LogP contribution in [0.5, 0.6) is 0 Å². The molecule has 0 radical (unpaired) electrons. The van der Waals surface area contributed by atoms with Gasteiger partial charge in [-0.25, -0.2) is 0 Å². The van der Waals surface area contributed by atoms with Gasteiger partial charge in [0, 0.05) is 38.1 Å². The van der Waals surface area contributed by atoms with Crippen LogP contribution in [0, 0.1) is 0 Å². The lowest BCUT2D eigenvalue weighted by molar-refractivity contribution is -0.131. The lowest BCUT2D eigenvalue weighted by Gasteiger charge is -2.43. The molecular weight excluding hydrogens is 216 g/mol. The van der Waals surface area contributed by atoms with Crippen molar-refractivity contribution < 1.29 is 9.90 Å². The van der Waals surface area contributed by atoms with Gasteiger partial charge in [-0.3, -0.25) is 9.69 Å². The second-order valence-corrected chi connectivity index (χ2v) is 5.74. The van der Waals surface area contributed by atoms with Gasteiger partial charge < -0.3 is 10.0 Å². The molecule has 0 spiro atoms. The summed E-state index contributed by atoms with van der Waals surface area (Å²) in [5, 5.41) is 9.54. The second kappa shape index (κ2) is 4.58. The number of rotatable bonds is 1. The van der Waals surface area contributed by atoms with Crippen molar-refractivity contribution in [2.45, 2.75) is 56.7 Å². The number of hydrogen-bond acceptors (Lipinski definition) is 3. The Bertz CT molecular complexity index is 300. The van der Waals surface area contributed by atoms with E-state index in [0.717, 1.165) is 58.2 Å². The molecule has 3 rings (SSSR count). The number of carbonyl (C=O) groups is 1. The highest BCUT2D eigenvalue weighted by Crippen LogP contribution is 2.28. The Kier molecular flexibility index (Phi) is 3.09. The summed E-state index contributed by atoms with van der Waals surface area (Å²) < 4.78 is 0. The molecule has 1 amide bonds. The lowest BCUT2D eigenvalue weighted by atomic mass is 9.91. The van der Waals surface area contributed by atoms with Crippen LogP contribution in [0.1, 0.15) is 38.5 Å². The molecule has 0 aromatic carbocycles. The summed E-state index contributed by atoms with van der Waals surface area (Å²) in [6.07, 6.45) is 5.89. The van der Waals surface area contributed by atoms with Crippen LogP contribution in [0.15, 0.2) is 0 Å². The van der Waals surface area contributed by atoms with E-state index in [-0.39, 0.29) is 6.10 Å². The van der Waals surface area contributed by atoms with E-state index in [1.165, 1.54) is 0 Å². The number of hydrogen-bond donors (Lipinski definition) is 1. The first kappa shape index (κ1) is 11.5. The number of piperazine rings is 1. The van der Waals surface area contributed by atoms with Gasteiger partial charge in [-0.15, -0.1) is 0 Å². The molecule has 0 aromatic rings. The van der Waals surface area contributed by atoms with Crippen molar-refractivity contribution in [3.05, 3.63) is 0 Å². The highest BCUT2D eigenvalue weighted by molar-refractivity contribution is 5.78. The van der Waals surface area contributed by atoms with E-state index in [1.807, 2.05) is 0 Å². The maximum absolute atomic E-state index is 11.6. The Morgan fingerprint density at radius 2 is 1.76 bits per heavy atom. The monoisotopic (exact) mass is 238 g/mol. The molecular formula is C13H22N2O2. The molecule has 1 atom stereocenters. The molecule has 96 valence electrons. The first-order valence-electron chi connectivity index (χ1n) is 6.95. The molecule has 3 aliphatic rings. The van der Waals surface area contributed by atoms with Gasteiger partial charge in [-0.2, -0.15) is 0 Å². The van der Waals surface area contributed by atoms with E-state index >= 15 is 0 Å². The molecule has 0 bridgehead atoms. The van der Waals surface area contributed by atoms with Crippen LogP contribution < -0.4 is 0 Å². The average Bonchev–Trinajstić information content (AvgIpc) is 2.72. The van der Waals surface area contributed by atoms with Crippen LogP contribution in [-0.2, 0) is 4.79 Å². The molecule has 1 saturated carbocycles. The fourth-order valence-corrected chi connectivity index (χ4v) is 3.64. The summed E-state index contributed by atoms with van der Waals surface area (Å²) in [4.78, 5) is 16.2. The van der Waals surface area contributed by atoms with Gasteiger partial charge in [0.05, 0.1) is 6.10 Å². The number of amides is 1. The van der Waals surface area contributed by atoms with Crippen LogP contribution in [0.4, 0.5) is 0 Å². The normalized spacial score (nSPS) is 39.5. The number of aliphatic hydroxyl groups is 1. The van der Waals surface area contributed by atoms with Gasteiger partial charge >= 0.3 is 0 Å². The van der Waals surface area contributed by atoms with Crippen LogP contribution in [0.2, 0.25) is 0 Å². The highest BCUT2D eigenvalue weighted by Gasteiger charge is 2.37. The van der Waals surface area contributed by atoms with Crippen molar-refractivity contribution in [1.29, 1.82) is 0 Å². The SMILES string of the molecule is O=C1CCC2CN(C3CCC(O)CC3)CCN12. The Morgan fingerprint density at radius 3 is 2.53 bits per heavy atom. The van der Waals surface area contributed by atoms with Gasteiger partial charge in [0.1, 0.15) is 0 Å². The van der Waals surface area contributed by atoms with Gasteiger partial charge in [-0.1, -0.05) is 0 Å². The third-order valence-electron chi connectivity index (χ3n) is 4.71. The maximum atomic E-state index is 11.6. The standard InChI is InChI=1S/C13H22N2O2/c16-12-4-1-10(2-5-12)14-7-8-15-11(9-14)3-6-13(15)17/h10-12,16H,1-9H2. The molecule has 1 N–H and O–H groups in total. The Balaban J connectivity index is 1.58. The summed E-state index contributed by atoms with van der Waals surface area (Å²) in [7, 11) is 0. The zero-order chi connectivity index (χ0) is 11.8. The van der Waals surface area contributed by atoms with E-state index < -0.39 is 0 Å². The van der Waals surface area contributed by atoms with Gasteiger partial charge in [0.2, 0.25) is 5.91 Å². The van der Waals surface area contributed by atoms with Gasteiger partial charge in [0.25, 0.3) is 0 Å². The fourth-order valence-electron chi connectivity index (χ4n) is 3.64. The van der Waals surface area contributed by atoms with Crippen molar-refractivity contribution in [3.63, 3.8) is 0 Å². The molecule has 0 aromatic heterocycles. The Morgan fingerprint density at radius 1 is 1.00 bits per heavy atom. The minimum absolute atomic E-state index is 0.0689. The Labute approximate surface area is 103 Å². The summed E-state index contributed by atoms with van der Waals surface area (Å²) in [6, 6.07) is 1.12. The average molecular weight is 238 g/mol. The summed E-state index contributed by atoms with van der Waals surface area (Å²) in [5.74, 6) is 0.355. The number of aliphatic hydroxyl groups excluding tert-OH is 1. The van der Waals surface area contributed by atoms with Gasteiger partial charge in [-0.05, 0) is 32.1 Å². The molecule has 3 fully saturated rings.